The second kappa shape index (κ2) is 5.39. The lowest BCUT2D eigenvalue weighted by atomic mass is 9.91. The van der Waals surface area contributed by atoms with Gasteiger partial charge >= 0.3 is 6.09 Å². The average Bonchev–Trinajstić information content (AvgIpc) is 2.80. The highest BCUT2D eigenvalue weighted by Gasteiger charge is 2.43. The molecule has 2 amide bonds. The van der Waals surface area contributed by atoms with Crippen molar-refractivity contribution in [1.29, 1.82) is 0 Å². The summed E-state index contributed by atoms with van der Waals surface area (Å²) in [5, 5.41) is 2.71. The number of likely N-dealkylation sites (tertiary alicyclic amines) is 1. The molecule has 0 saturated carbocycles. The fraction of sp³-hybridized carbons (Fsp3) is 0.500. The summed E-state index contributed by atoms with van der Waals surface area (Å²) in [6.07, 6.45) is 1.53. The molecule has 1 aromatic carbocycles. The van der Waals surface area contributed by atoms with Crippen LogP contribution in [0.25, 0.3) is 0 Å². The summed E-state index contributed by atoms with van der Waals surface area (Å²) < 4.78 is 5.36. The van der Waals surface area contributed by atoms with E-state index in [1.807, 2.05) is 36.1 Å². The maximum atomic E-state index is 12.3. The number of amides is 2. The van der Waals surface area contributed by atoms with E-state index in [0.717, 1.165) is 5.56 Å². The number of nitrogens with zero attached hydrogens (tertiary/aromatic N) is 1. The number of benzene rings is 1. The van der Waals surface area contributed by atoms with Crippen LogP contribution in [0.3, 0.4) is 0 Å². The van der Waals surface area contributed by atoms with Crippen LogP contribution in [0.4, 0.5) is 4.79 Å². The lowest BCUT2D eigenvalue weighted by Crippen LogP contribution is -2.48. The van der Waals surface area contributed by atoms with E-state index in [-0.39, 0.29) is 12.0 Å². The molecule has 0 atom stereocenters. The van der Waals surface area contributed by atoms with E-state index in [9.17, 15) is 9.59 Å². The normalized spacial score (nSPS) is 20.2. The molecule has 0 bridgehead atoms. The number of piperidine rings is 1. The number of hydrogen-bond donors (Lipinski definition) is 1. The van der Waals surface area contributed by atoms with Gasteiger partial charge in [-0.2, -0.15) is 0 Å². The van der Waals surface area contributed by atoms with Crippen LogP contribution in [0.1, 0.15) is 24.0 Å². The summed E-state index contributed by atoms with van der Waals surface area (Å²) in [7, 11) is 0. The Bertz CT molecular complexity index is 562. The van der Waals surface area contributed by atoms with Gasteiger partial charge in [0.2, 0.25) is 5.91 Å². The minimum Gasteiger partial charge on any atom is -0.441 e. The summed E-state index contributed by atoms with van der Waals surface area (Å²) >= 11 is 0. The predicted molar refractivity (Wildman–Crippen MR) is 77.9 cm³/mol. The summed E-state index contributed by atoms with van der Waals surface area (Å²) in [6, 6.07) is 8.04. The maximum Gasteiger partial charge on any atom is 0.407 e. The number of hydrogen-bond acceptors (Lipinski definition) is 3. The quantitative estimate of drug-likeness (QED) is 0.900. The van der Waals surface area contributed by atoms with Gasteiger partial charge in [-0.1, -0.05) is 29.8 Å². The van der Waals surface area contributed by atoms with E-state index in [2.05, 4.69) is 5.32 Å². The standard InChI is InChI=1S/C16H20N2O3/c1-12-3-2-4-13(9-12)10-14(19)18-7-5-16(6-8-18)11-17-15(20)21-16/h2-4,9H,5-8,10-11H2,1H3,(H,17,20). The minimum absolute atomic E-state index is 0.146. The second-order valence-corrected chi connectivity index (χ2v) is 5.97. The van der Waals surface area contributed by atoms with E-state index < -0.39 is 5.60 Å². The monoisotopic (exact) mass is 288 g/mol. The van der Waals surface area contributed by atoms with Crippen LogP contribution in [0.5, 0.6) is 0 Å². The van der Waals surface area contributed by atoms with Crippen LogP contribution >= 0.6 is 0 Å². The third kappa shape index (κ3) is 3.01. The summed E-state index contributed by atoms with van der Waals surface area (Å²) in [4.78, 5) is 25.4. The van der Waals surface area contributed by atoms with Crippen molar-refractivity contribution in [2.75, 3.05) is 19.6 Å². The Hall–Kier alpha value is -2.04. The number of alkyl carbamates (subject to hydrolysis) is 1. The molecule has 112 valence electrons. The predicted octanol–water partition coefficient (Wildman–Crippen LogP) is 1.64. The highest BCUT2D eigenvalue weighted by molar-refractivity contribution is 5.79. The molecule has 2 fully saturated rings. The van der Waals surface area contributed by atoms with Gasteiger partial charge in [0.05, 0.1) is 13.0 Å². The molecule has 2 aliphatic heterocycles. The lowest BCUT2D eigenvalue weighted by molar-refractivity contribution is -0.133. The summed E-state index contributed by atoms with van der Waals surface area (Å²) in [6.45, 7) is 3.89. The first-order valence-corrected chi connectivity index (χ1v) is 7.37. The Morgan fingerprint density at radius 1 is 1.38 bits per heavy atom. The van der Waals surface area contributed by atoms with E-state index in [1.54, 1.807) is 0 Å². The van der Waals surface area contributed by atoms with Crippen molar-refractivity contribution in [3.63, 3.8) is 0 Å². The number of aryl methyl sites for hydroxylation is 1. The molecule has 1 aromatic rings. The number of nitrogens with one attached hydrogen (secondary N) is 1. The first kappa shape index (κ1) is 13.9. The summed E-state index contributed by atoms with van der Waals surface area (Å²) in [5.41, 5.74) is 1.83. The maximum absolute atomic E-state index is 12.3. The van der Waals surface area contributed by atoms with Crippen LogP contribution in [0, 0.1) is 6.92 Å². The van der Waals surface area contributed by atoms with Gasteiger partial charge in [0.15, 0.2) is 0 Å². The molecule has 2 saturated heterocycles. The SMILES string of the molecule is Cc1cccc(CC(=O)N2CCC3(CC2)CNC(=O)O3)c1. The Morgan fingerprint density at radius 2 is 2.14 bits per heavy atom. The molecule has 3 rings (SSSR count). The smallest absolute Gasteiger partial charge is 0.407 e. The van der Waals surface area contributed by atoms with Gasteiger partial charge in [-0.3, -0.25) is 4.79 Å². The van der Waals surface area contributed by atoms with Gasteiger partial charge in [0.1, 0.15) is 5.60 Å². The van der Waals surface area contributed by atoms with Gasteiger partial charge < -0.3 is 15.0 Å². The van der Waals surface area contributed by atoms with Crippen molar-refractivity contribution in [2.24, 2.45) is 0 Å². The first-order chi connectivity index (χ1) is 10.1. The lowest BCUT2D eigenvalue weighted by Gasteiger charge is -2.37. The molecular weight excluding hydrogens is 268 g/mol. The number of rotatable bonds is 2. The van der Waals surface area contributed by atoms with E-state index in [0.29, 0.717) is 38.9 Å². The Balaban J connectivity index is 1.57. The molecule has 0 aliphatic carbocycles. The highest BCUT2D eigenvalue weighted by Crippen LogP contribution is 2.29. The fourth-order valence-corrected chi connectivity index (χ4v) is 3.05. The van der Waals surface area contributed by atoms with Gasteiger partial charge in [-0.05, 0) is 12.5 Å². The van der Waals surface area contributed by atoms with Crippen molar-refractivity contribution >= 4 is 12.0 Å². The Labute approximate surface area is 124 Å². The van der Waals surface area contributed by atoms with Gasteiger partial charge in [0, 0.05) is 25.9 Å². The molecule has 2 aliphatic rings. The average molecular weight is 288 g/mol. The van der Waals surface area contributed by atoms with Crippen molar-refractivity contribution in [2.45, 2.75) is 31.8 Å². The van der Waals surface area contributed by atoms with Crippen LogP contribution in [-0.4, -0.2) is 42.1 Å². The third-order valence-electron chi connectivity index (χ3n) is 4.33. The molecule has 0 aromatic heterocycles. The van der Waals surface area contributed by atoms with Crippen LogP contribution in [-0.2, 0) is 16.0 Å². The third-order valence-corrected chi connectivity index (χ3v) is 4.33. The number of carbonyl (C=O) groups is 2. The number of ether oxygens (including phenoxy) is 1. The van der Waals surface area contributed by atoms with E-state index >= 15 is 0 Å². The molecule has 0 unspecified atom stereocenters. The molecule has 1 N–H and O–H groups in total. The molecule has 21 heavy (non-hydrogen) atoms. The zero-order valence-electron chi connectivity index (χ0n) is 12.2. The topological polar surface area (TPSA) is 58.6 Å². The highest BCUT2D eigenvalue weighted by atomic mass is 16.6. The molecule has 5 nitrogen and oxygen atoms in total. The van der Waals surface area contributed by atoms with Crippen molar-refractivity contribution in [1.82, 2.24) is 10.2 Å². The fourth-order valence-electron chi connectivity index (χ4n) is 3.05. The summed E-state index contributed by atoms with van der Waals surface area (Å²) in [5.74, 6) is 0.146. The van der Waals surface area contributed by atoms with Crippen molar-refractivity contribution in [3.05, 3.63) is 35.4 Å². The minimum atomic E-state index is -0.392. The van der Waals surface area contributed by atoms with E-state index in [1.165, 1.54) is 5.56 Å². The molecular formula is C16H20N2O3. The molecule has 0 radical (unpaired) electrons. The Kier molecular flexibility index (Phi) is 3.57. The van der Waals surface area contributed by atoms with Gasteiger partial charge in [-0.25, -0.2) is 4.79 Å². The van der Waals surface area contributed by atoms with Crippen molar-refractivity contribution in [3.8, 4) is 0 Å². The van der Waals surface area contributed by atoms with Crippen LogP contribution < -0.4 is 5.32 Å². The second-order valence-electron chi connectivity index (χ2n) is 5.97. The van der Waals surface area contributed by atoms with Gasteiger partial charge in [-0.15, -0.1) is 0 Å². The number of carbonyl (C=O) groups excluding carboxylic acids is 2. The van der Waals surface area contributed by atoms with Crippen LogP contribution in [0.15, 0.2) is 24.3 Å². The zero-order chi connectivity index (χ0) is 14.9. The van der Waals surface area contributed by atoms with Crippen molar-refractivity contribution < 1.29 is 14.3 Å². The molecule has 5 heteroatoms. The molecule has 1 spiro atoms. The van der Waals surface area contributed by atoms with Gasteiger partial charge in [0.25, 0.3) is 0 Å². The zero-order valence-corrected chi connectivity index (χ0v) is 12.2. The molecule has 2 heterocycles. The van der Waals surface area contributed by atoms with E-state index in [4.69, 9.17) is 4.74 Å². The largest absolute Gasteiger partial charge is 0.441 e. The first-order valence-electron chi connectivity index (χ1n) is 7.37. The Morgan fingerprint density at radius 3 is 2.76 bits per heavy atom. The van der Waals surface area contributed by atoms with Crippen LogP contribution in [0.2, 0.25) is 0 Å².